The number of aliphatic hydroxyl groups is 1. The molecule has 0 aliphatic carbocycles. The summed E-state index contributed by atoms with van der Waals surface area (Å²) in [6.45, 7) is 2.41. The number of carbonyl (C=O) groups is 1. The summed E-state index contributed by atoms with van der Waals surface area (Å²) in [4.78, 5) is 28.0. The van der Waals surface area contributed by atoms with Crippen molar-refractivity contribution < 1.29 is 14.6 Å². The van der Waals surface area contributed by atoms with Gasteiger partial charge in [0.05, 0.1) is 30.3 Å². The number of H-pyrrole nitrogens is 1. The molecule has 6 rings (SSSR count). The molecule has 10 nitrogen and oxygen atoms in total. The van der Waals surface area contributed by atoms with Crippen molar-refractivity contribution in [3.63, 3.8) is 0 Å². The number of imidazole rings is 1. The Kier molecular flexibility index (Phi) is 7.15. The lowest BCUT2D eigenvalue weighted by molar-refractivity contribution is 0.102. The third-order valence-electron chi connectivity index (χ3n) is 7.35. The molecule has 0 bridgehead atoms. The Hall–Kier alpha value is -4.70. The van der Waals surface area contributed by atoms with Crippen molar-refractivity contribution in [3.8, 4) is 17.3 Å². The maximum Gasteiger partial charge on any atom is 0.258 e. The number of fused-ring (bicyclic) bond motifs is 1. The number of para-hydroxylation sites is 2. The summed E-state index contributed by atoms with van der Waals surface area (Å²) in [5, 5.41) is 17.0. The first-order chi connectivity index (χ1) is 19.6. The van der Waals surface area contributed by atoms with Crippen LogP contribution in [-0.2, 0) is 6.54 Å². The Bertz CT molecular complexity index is 1570. The number of methoxy groups -OCH3 is 1. The lowest BCUT2D eigenvalue weighted by atomic mass is 9.98. The fourth-order valence-electron chi connectivity index (χ4n) is 5.01. The molecule has 1 saturated heterocycles. The average Bonchev–Trinajstić information content (AvgIpc) is 3.61. The summed E-state index contributed by atoms with van der Waals surface area (Å²) in [7, 11) is 1.64. The van der Waals surface area contributed by atoms with Crippen molar-refractivity contribution >= 4 is 28.6 Å². The van der Waals surface area contributed by atoms with Crippen LogP contribution in [0.1, 0.15) is 28.8 Å². The molecule has 0 atom stereocenters. The van der Waals surface area contributed by atoms with E-state index in [2.05, 4.69) is 20.2 Å². The molecule has 1 fully saturated rings. The Morgan fingerprint density at radius 2 is 1.90 bits per heavy atom. The van der Waals surface area contributed by atoms with Crippen LogP contribution in [0.25, 0.3) is 22.6 Å². The number of rotatable bonds is 8. The van der Waals surface area contributed by atoms with Gasteiger partial charge in [0.15, 0.2) is 11.6 Å². The zero-order chi connectivity index (χ0) is 27.5. The molecular weight excluding hydrogens is 506 g/mol. The number of hydrogen-bond acceptors (Lipinski definition) is 7. The second-order valence-electron chi connectivity index (χ2n) is 10.00. The molecule has 3 aromatic heterocycles. The maximum absolute atomic E-state index is 13.1. The lowest BCUT2D eigenvalue weighted by Crippen LogP contribution is -2.35. The Balaban J connectivity index is 1.23. The number of hydrogen-bond donors (Lipinski definition) is 3. The highest BCUT2D eigenvalue weighted by Crippen LogP contribution is 2.26. The quantitative estimate of drug-likeness (QED) is 0.269. The highest BCUT2D eigenvalue weighted by molar-refractivity contribution is 6.03. The molecule has 0 spiro atoms. The van der Waals surface area contributed by atoms with E-state index in [4.69, 9.17) is 14.8 Å². The Morgan fingerprint density at radius 3 is 2.60 bits per heavy atom. The number of pyridine rings is 1. The van der Waals surface area contributed by atoms with E-state index in [0.717, 1.165) is 59.8 Å². The predicted octanol–water partition coefficient (Wildman–Crippen LogP) is 4.34. The van der Waals surface area contributed by atoms with Gasteiger partial charge in [-0.25, -0.2) is 9.97 Å². The number of nitrogens with one attached hydrogen (secondary N) is 2. The first-order valence-electron chi connectivity index (χ1n) is 13.4. The van der Waals surface area contributed by atoms with Crippen LogP contribution in [0.2, 0.25) is 0 Å². The molecule has 1 aliphatic heterocycles. The number of aromatic nitrogens is 5. The van der Waals surface area contributed by atoms with E-state index < -0.39 is 0 Å². The van der Waals surface area contributed by atoms with Crippen LogP contribution in [0.15, 0.2) is 72.9 Å². The fraction of sp³-hybridized carbons (Fsp3) is 0.267. The number of piperidine rings is 1. The number of aromatic amines is 1. The van der Waals surface area contributed by atoms with Crippen molar-refractivity contribution in [2.24, 2.45) is 5.92 Å². The van der Waals surface area contributed by atoms with Crippen LogP contribution < -0.4 is 15.0 Å². The molecule has 5 aromatic rings. The molecule has 1 aliphatic rings. The summed E-state index contributed by atoms with van der Waals surface area (Å²) in [5.74, 6) is 2.77. The van der Waals surface area contributed by atoms with E-state index in [-0.39, 0.29) is 12.5 Å². The monoisotopic (exact) mass is 537 g/mol. The number of anilines is 2. The van der Waals surface area contributed by atoms with Crippen LogP contribution in [0.4, 0.5) is 11.6 Å². The Labute approximate surface area is 231 Å². The van der Waals surface area contributed by atoms with E-state index in [0.29, 0.717) is 29.7 Å². The molecule has 10 heteroatoms. The van der Waals surface area contributed by atoms with E-state index in [1.54, 1.807) is 19.4 Å². The third kappa shape index (κ3) is 5.39. The predicted molar refractivity (Wildman–Crippen MR) is 154 cm³/mol. The number of amides is 1. The van der Waals surface area contributed by atoms with Gasteiger partial charge in [-0.2, -0.15) is 5.10 Å². The van der Waals surface area contributed by atoms with Gasteiger partial charge >= 0.3 is 0 Å². The van der Waals surface area contributed by atoms with Gasteiger partial charge in [-0.3, -0.25) is 9.48 Å². The molecule has 2 aromatic carbocycles. The molecule has 40 heavy (non-hydrogen) atoms. The van der Waals surface area contributed by atoms with Gasteiger partial charge in [0.2, 0.25) is 0 Å². The van der Waals surface area contributed by atoms with Crippen LogP contribution in [0.5, 0.6) is 5.75 Å². The van der Waals surface area contributed by atoms with Crippen molar-refractivity contribution in [2.45, 2.75) is 19.4 Å². The summed E-state index contributed by atoms with van der Waals surface area (Å²) in [6.07, 6.45) is 3.47. The molecule has 4 heterocycles. The van der Waals surface area contributed by atoms with Gasteiger partial charge in [-0.1, -0.05) is 24.3 Å². The summed E-state index contributed by atoms with van der Waals surface area (Å²) in [6, 6.07) is 21.1. The number of carbonyl (C=O) groups excluding carboxylic acids is 1. The minimum atomic E-state index is -0.289. The zero-order valence-corrected chi connectivity index (χ0v) is 22.2. The maximum atomic E-state index is 13.1. The zero-order valence-electron chi connectivity index (χ0n) is 22.2. The summed E-state index contributed by atoms with van der Waals surface area (Å²) < 4.78 is 7.11. The number of ether oxygens (including phenoxy) is 1. The molecule has 0 unspecified atom stereocenters. The summed E-state index contributed by atoms with van der Waals surface area (Å²) in [5.41, 5.74) is 4.01. The normalized spacial score (nSPS) is 14.0. The largest absolute Gasteiger partial charge is 0.497 e. The first kappa shape index (κ1) is 25.6. The molecule has 3 N–H and O–H groups in total. The van der Waals surface area contributed by atoms with Crippen LogP contribution in [-0.4, -0.2) is 62.6 Å². The Morgan fingerprint density at radius 1 is 1.10 bits per heavy atom. The fourth-order valence-corrected chi connectivity index (χ4v) is 5.01. The highest BCUT2D eigenvalue weighted by atomic mass is 16.5. The van der Waals surface area contributed by atoms with E-state index >= 15 is 0 Å². The van der Waals surface area contributed by atoms with E-state index in [1.807, 2.05) is 65.3 Å². The molecular formula is C30H31N7O3. The van der Waals surface area contributed by atoms with Crippen molar-refractivity contribution in [1.82, 2.24) is 24.7 Å². The summed E-state index contributed by atoms with van der Waals surface area (Å²) >= 11 is 0. The molecule has 0 saturated carbocycles. The van der Waals surface area contributed by atoms with Gasteiger partial charge in [0.1, 0.15) is 17.3 Å². The van der Waals surface area contributed by atoms with Crippen LogP contribution in [0.3, 0.4) is 0 Å². The van der Waals surface area contributed by atoms with Crippen molar-refractivity contribution in [1.29, 1.82) is 0 Å². The third-order valence-corrected chi connectivity index (χ3v) is 7.35. The first-order valence-corrected chi connectivity index (χ1v) is 13.4. The van der Waals surface area contributed by atoms with Crippen LogP contribution in [0, 0.1) is 5.92 Å². The molecule has 1 amide bonds. The number of nitrogens with zero attached hydrogens (tertiary/aromatic N) is 5. The van der Waals surface area contributed by atoms with Gasteiger partial charge in [-0.05, 0) is 60.7 Å². The SMILES string of the molecule is COc1ccc(Cn2nc(NC(=O)c3ccc(N4CCC(CO)CC4)nc3)cc2-c2nc3ccccc3[nH]2)cc1. The van der Waals surface area contributed by atoms with Crippen molar-refractivity contribution in [2.75, 3.05) is 37.0 Å². The van der Waals surface area contributed by atoms with Crippen molar-refractivity contribution in [3.05, 3.63) is 84.1 Å². The van der Waals surface area contributed by atoms with Gasteiger partial charge in [0, 0.05) is 32.0 Å². The average molecular weight is 538 g/mol. The van der Waals surface area contributed by atoms with Gasteiger partial charge in [-0.15, -0.1) is 0 Å². The minimum absolute atomic E-state index is 0.230. The van der Waals surface area contributed by atoms with E-state index in [1.165, 1.54) is 0 Å². The minimum Gasteiger partial charge on any atom is -0.497 e. The number of aliphatic hydroxyl groups excluding tert-OH is 1. The second-order valence-corrected chi connectivity index (χ2v) is 10.00. The highest BCUT2D eigenvalue weighted by Gasteiger charge is 2.20. The smallest absolute Gasteiger partial charge is 0.258 e. The number of benzene rings is 2. The van der Waals surface area contributed by atoms with Gasteiger partial charge in [0.25, 0.3) is 5.91 Å². The standard InChI is InChI=1S/C30H31N7O3/c1-40-23-9-6-20(7-10-23)18-37-26(29-32-24-4-2-3-5-25(24)33-29)16-27(35-37)34-30(39)22-8-11-28(31-17-22)36-14-12-21(19-38)13-15-36/h2-11,16-17,21,38H,12-15,18-19H2,1H3,(H,32,33)(H,34,35,39). The molecule has 0 radical (unpaired) electrons. The molecule has 204 valence electrons. The van der Waals surface area contributed by atoms with Crippen LogP contribution >= 0.6 is 0 Å². The topological polar surface area (TPSA) is 121 Å². The van der Waals surface area contributed by atoms with Gasteiger partial charge < -0.3 is 25.0 Å². The second kappa shape index (κ2) is 11.2. The lowest BCUT2D eigenvalue weighted by Gasteiger charge is -2.31. The van der Waals surface area contributed by atoms with E-state index in [9.17, 15) is 9.90 Å².